The topological polar surface area (TPSA) is 29.0 Å². The first-order valence-electron chi connectivity index (χ1n) is 25.5. The van der Waals surface area contributed by atoms with Crippen LogP contribution in [0.5, 0.6) is 0 Å². The van der Waals surface area contributed by atoms with E-state index in [1.165, 1.54) is 71.6 Å². The predicted molar refractivity (Wildman–Crippen MR) is 308 cm³/mol. The third kappa shape index (κ3) is 11.9. The van der Waals surface area contributed by atoms with Crippen LogP contribution < -0.4 is 15.3 Å². The molecular weight excluding hydrogens is 1070 g/mol. The van der Waals surface area contributed by atoms with Crippen molar-refractivity contribution in [1.82, 2.24) is 9.97 Å². The summed E-state index contributed by atoms with van der Waals surface area (Å²) in [7, 11) is -3.20. The van der Waals surface area contributed by atoms with Crippen LogP contribution in [0.25, 0.3) is 55.9 Å². The quantitative estimate of drug-likeness (QED) is 0.0757. The summed E-state index contributed by atoms with van der Waals surface area (Å²) in [6, 6.07) is 60.0. The largest absolute Gasteiger partial charge is 2.00 e. The van der Waals surface area contributed by atoms with E-state index in [2.05, 4.69) is 264 Å². The molecule has 2 heterocycles. The molecule has 8 aromatic rings. The monoisotopic (exact) mass is 1150 g/mol. The summed E-state index contributed by atoms with van der Waals surface area (Å²) >= 11 is 0. The Morgan fingerprint density at radius 2 is 0.831 bits per heavy atom. The molecule has 0 fully saturated rings. The van der Waals surface area contributed by atoms with Gasteiger partial charge in [0.15, 0.2) is 0 Å². The summed E-state index contributed by atoms with van der Waals surface area (Å²) in [5, 5.41) is 2.68. The maximum atomic E-state index is 5.23. The molecule has 0 amide bonds. The van der Waals surface area contributed by atoms with E-state index in [9.17, 15) is 0 Å². The Hall–Kier alpha value is -5.46. The number of rotatable bonds is 15. The minimum atomic E-state index is -1.60. The Morgan fingerprint density at radius 1 is 0.437 bits per heavy atom. The summed E-state index contributed by atoms with van der Waals surface area (Å²) in [5.74, 6) is 1.26. The molecule has 6 heteroatoms. The number of benzene rings is 6. The SMILES string of the molecule is CC(C)c1cccc(C(C)C)c1-c1cc(-c2ccc([Si](C)(C)C)cn2)[c-]c(N(Cc2ccccc2-c2ccccc2)c2[c-]c(-c3ccc([Si](C)(C)C)cn3)cc(-c3c(C(C)C)cccc3C(C)C)c2)c1.[Pt+2]. The van der Waals surface area contributed by atoms with Crippen LogP contribution in [0.15, 0.2) is 152 Å². The molecule has 366 valence electrons. The van der Waals surface area contributed by atoms with E-state index in [1.807, 2.05) is 0 Å². The van der Waals surface area contributed by atoms with Gasteiger partial charge in [0.05, 0.1) is 16.1 Å². The number of pyridine rings is 2. The van der Waals surface area contributed by atoms with Crippen molar-refractivity contribution >= 4 is 37.9 Å². The first-order valence-corrected chi connectivity index (χ1v) is 32.5. The Kier molecular flexibility index (Phi) is 16.6. The number of hydrogen-bond acceptors (Lipinski definition) is 3. The van der Waals surface area contributed by atoms with Gasteiger partial charge >= 0.3 is 21.1 Å². The van der Waals surface area contributed by atoms with Crippen molar-refractivity contribution in [2.24, 2.45) is 0 Å². The summed E-state index contributed by atoms with van der Waals surface area (Å²) in [5.41, 5.74) is 19.6. The van der Waals surface area contributed by atoms with E-state index in [1.54, 1.807) is 0 Å². The van der Waals surface area contributed by atoms with Crippen LogP contribution in [-0.4, -0.2) is 26.1 Å². The standard InChI is InChI=1S/C65H73N3Si2.Pt/c1-43(2)57-26-20-27-58(44(3)4)64(57)51-34-49(62-32-30-55(40-66-62)69(9,10)11)36-53(38-51)68(42-48-24-18-19-25-61(48)47-22-16-15-17-23-47)54-37-50(63-33-31-56(41-67-63)70(12,13)14)35-52(39-54)65-59(45(5)6)28-21-29-60(65)46(7)8;/h15-35,38-41,43-46H,42H2,1-14H3;/q-2;+2. The number of anilines is 2. The molecule has 8 rings (SSSR count). The molecule has 0 unspecified atom stereocenters. The molecule has 0 aliphatic carbocycles. The maximum absolute atomic E-state index is 5.23. The molecule has 0 saturated heterocycles. The van der Waals surface area contributed by atoms with Crippen LogP contribution >= 0.6 is 0 Å². The average Bonchev–Trinajstić information content (AvgIpc) is 3.34. The minimum Gasteiger partial charge on any atom is -0.372 e. The van der Waals surface area contributed by atoms with Gasteiger partial charge in [0.1, 0.15) is 0 Å². The van der Waals surface area contributed by atoms with Gasteiger partial charge in [0.25, 0.3) is 0 Å². The molecule has 3 nitrogen and oxygen atoms in total. The Morgan fingerprint density at radius 3 is 1.20 bits per heavy atom. The molecule has 0 atom stereocenters. The van der Waals surface area contributed by atoms with Gasteiger partial charge in [-0.1, -0.05) is 221 Å². The van der Waals surface area contributed by atoms with Crippen molar-refractivity contribution in [2.45, 2.75) is 125 Å². The summed E-state index contributed by atoms with van der Waals surface area (Å²) < 4.78 is 0. The van der Waals surface area contributed by atoms with Gasteiger partial charge in [-0.15, -0.1) is 47.5 Å². The molecule has 6 aromatic carbocycles. The van der Waals surface area contributed by atoms with E-state index in [0.717, 1.165) is 33.9 Å². The average molecular weight is 1150 g/mol. The zero-order valence-corrected chi connectivity index (χ0v) is 48.9. The van der Waals surface area contributed by atoms with Crippen LogP contribution in [0, 0.1) is 12.1 Å². The van der Waals surface area contributed by atoms with Gasteiger partial charge in [-0.05, 0) is 107 Å². The molecule has 0 spiro atoms. The molecule has 71 heavy (non-hydrogen) atoms. The zero-order chi connectivity index (χ0) is 50.1. The van der Waals surface area contributed by atoms with E-state index < -0.39 is 16.1 Å². The van der Waals surface area contributed by atoms with Crippen molar-refractivity contribution in [1.29, 1.82) is 0 Å². The Labute approximate surface area is 443 Å². The molecule has 2 aromatic heterocycles. The molecule has 0 radical (unpaired) electrons. The predicted octanol–water partition coefficient (Wildman–Crippen LogP) is 17.3. The first kappa shape index (κ1) is 53.3. The van der Waals surface area contributed by atoms with Crippen LogP contribution in [0.3, 0.4) is 0 Å². The second kappa shape index (κ2) is 22.1. The third-order valence-electron chi connectivity index (χ3n) is 13.9. The van der Waals surface area contributed by atoms with Gasteiger partial charge in [-0.3, -0.25) is 0 Å². The van der Waals surface area contributed by atoms with Gasteiger partial charge in [-0.25, -0.2) is 0 Å². The first-order chi connectivity index (χ1) is 33.3. The van der Waals surface area contributed by atoms with Gasteiger partial charge in [0, 0.05) is 18.9 Å². The van der Waals surface area contributed by atoms with Crippen LogP contribution in [0.4, 0.5) is 11.4 Å². The van der Waals surface area contributed by atoms with Crippen molar-refractivity contribution in [3.8, 4) is 55.9 Å². The van der Waals surface area contributed by atoms with Crippen molar-refractivity contribution in [3.05, 3.63) is 192 Å². The van der Waals surface area contributed by atoms with Crippen LogP contribution in [0.1, 0.15) is 107 Å². The summed E-state index contributed by atoms with van der Waals surface area (Å²) in [4.78, 5) is 12.9. The number of hydrogen-bond donors (Lipinski definition) is 0. The van der Waals surface area contributed by atoms with Crippen LogP contribution in [0.2, 0.25) is 39.3 Å². The second-order valence-corrected chi connectivity index (χ2v) is 32.7. The fourth-order valence-corrected chi connectivity index (χ4v) is 11.8. The fraction of sp³-hybridized carbons (Fsp3) is 0.292. The van der Waals surface area contributed by atoms with Gasteiger partial charge < -0.3 is 14.9 Å². The Balaban J connectivity index is 0.00000741. The molecule has 0 bridgehead atoms. The van der Waals surface area contributed by atoms with Gasteiger partial charge in [-0.2, -0.15) is 0 Å². The summed E-state index contributed by atoms with van der Waals surface area (Å²) in [6.45, 7) is 33.4. The van der Waals surface area contributed by atoms with Crippen molar-refractivity contribution < 1.29 is 21.1 Å². The summed E-state index contributed by atoms with van der Waals surface area (Å²) in [6.07, 6.45) is 4.22. The molecule has 0 saturated carbocycles. The zero-order valence-electron chi connectivity index (χ0n) is 44.6. The normalized spacial score (nSPS) is 12.0. The van der Waals surface area contributed by atoms with E-state index in [0.29, 0.717) is 30.2 Å². The minimum absolute atomic E-state index is 0. The van der Waals surface area contributed by atoms with Crippen molar-refractivity contribution in [3.63, 3.8) is 0 Å². The molecular formula is C65H73N3PtSi2. The van der Waals surface area contributed by atoms with E-state index in [-0.39, 0.29) is 21.1 Å². The van der Waals surface area contributed by atoms with Crippen LogP contribution in [-0.2, 0) is 27.6 Å². The van der Waals surface area contributed by atoms with Gasteiger partial charge in [0.2, 0.25) is 0 Å². The smallest absolute Gasteiger partial charge is 0.372 e. The van der Waals surface area contributed by atoms with Crippen molar-refractivity contribution in [2.75, 3.05) is 4.90 Å². The fourth-order valence-electron chi connectivity index (χ4n) is 9.76. The molecule has 0 aliphatic heterocycles. The number of nitrogens with zero attached hydrogens (tertiary/aromatic N) is 3. The van der Waals surface area contributed by atoms with E-state index in [4.69, 9.17) is 9.97 Å². The third-order valence-corrected chi connectivity index (χ3v) is 17.9. The molecule has 0 aliphatic rings. The Bertz CT molecular complexity index is 2870. The number of aromatic nitrogens is 2. The van der Waals surface area contributed by atoms with E-state index >= 15 is 0 Å². The molecule has 0 N–H and O–H groups in total. The second-order valence-electron chi connectivity index (χ2n) is 22.6. The maximum Gasteiger partial charge on any atom is 2.00 e.